The van der Waals surface area contributed by atoms with Crippen LogP contribution in [0, 0.1) is 0 Å². The van der Waals surface area contributed by atoms with Crippen LogP contribution in [0.15, 0.2) is 36.4 Å². The van der Waals surface area contributed by atoms with E-state index in [4.69, 9.17) is 0 Å². The molecule has 146 valence electrons. The van der Waals surface area contributed by atoms with Crippen molar-refractivity contribution in [2.75, 3.05) is 25.5 Å². The van der Waals surface area contributed by atoms with Crippen LogP contribution in [-0.2, 0) is 0 Å². The van der Waals surface area contributed by atoms with Crippen LogP contribution in [0.3, 0.4) is 0 Å². The summed E-state index contributed by atoms with van der Waals surface area (Å²) in [5, 5.41) is 7.46. The van der Waals surface area contributed by atoms with Crippen LogP contribution in [-0.4, -0.2) is 42.0 Å². The molecule has 0 bridgehead atoms. The van der Waals surface area contributed by atoms with Gasteiger partial charge < -0.3 is 15.5 Å². The number of rotatable bonds is 4. The van der Waals surface area contributed by atoms with Crippen molar-refractivity contribution in [1.82, 2.24) is 15.2 Å². The number of hydrogen-bond donors (Lipinski definition) is 2. The second-order valence-corrected chi connectivity index (χ2v) is 8.23. The number of hydrogen-bond acceptors (Lipinski definition) is 6. The van der Waals surface area contributed by atoms with Gasteiger partial charge in [0.25, 0.3) is 5.91 Å². The largest absolute Gasteiger partial charge is 0.336 e. The number of carbonyl (C=O) groups is 1. The molecule has 0 spiro atoms. The minimum absolute atomic E-state index is 0. The highest BCUT2D eigenvalue weighted by Gasteiger charge is 2.25. The van der Waals surface area contributed by atoms with Crippen molar-refractivity contribution in [3.8, 4) is 0 Å². The zero-order valence-electron chi connectivity index (χ0n) is 14.8. The minimum atomic E-state index is 0. The Labute approximate surface area is 179 Å². The van der Waals surface area contributed by atoms with Gasteiger partial charge in [-0.3, -0.25) is 4.79 Å². The van der Waals surface area contributed by atoms with Gasteiger partial charge in [0.05, 0.1) is 9.58 Å². The van der Waals surface area contributed by atoms with Crippen molar-refractivity contribution in [3.63, 3.8) is 0 Å². The first-order valence-corrected chi connectivity index (χ1v) is 10.1. The molecule has 1 aliphatic heterocycles. The van der Waals surface area contributed by atoms with Crippen LogP contribution in [0.5, 0.6) is 0 Å². The van der Waals surface area contributed by atoms with Crippen molar-refractivity contribution >= 4 is 73.7 Å². The van der Waals surface area contributed by atoms with Crippen LogP contribution < -0.4 is 10.6 Å². The van der Waals surface area contributed by atoms with Gasteiger partial charge in [-0.1, -0.05) is 29.5 Å². The number of halogens is 2. The molecule has 2 aromatic heterocycles. The SMILES string of the molecule is CNC1CCCN(C(=O)c2cc3sc(Nc4ccccc4)nc3s2)C1.Cl.Cl. The lowest BCUT2D eigenvalue weighted by Gasteiger charge is -2.32. The van der Waals surface area contributed by atoms with E-state index in [0.29, 0.717) is 6.04 Å². The molecule has 3 heterocycles. The molecule has 1 saturated heterocycles. The van der Waals surface area contributed by atoms with E-state index in [9.17, 15) is 4.79 Å². The summed E-state index contributed by atoms with van der Waals surface area (Å²) in [6, 6.07) is 12.4. The number of thiazole rings is 1. The molecule has 1 aliphatic rings. The second-order valence-electron chi connectivity index (χ2n) is 6.17. The normalized spacial score (nSPS) is 16.5. The Bertz CT molecular complexity index is 853. The topological polar surface area (TPSA) is 57.3 Å². The molecule has 5 nitrogen and oxygen atoms in total. The Morgan fingerprint density at radius 1 is 1.22 bits per heavy atom. The average molecular weight is 445 g/mol. The van der Waals surface area contributed by atoms with Gasteiger partial charge in [-0.15, -0.1) is 36.2 Å². The number of likely N-dealkylation sites (tertiary alicyclic amines) is 1. The van der Waals surface area contributed by atoms with Gasteiger partial charge in [-0.2, -0.15) is 0 Å². The number of piperidine rings is 1. The highest BCUT2D eigenvalue weighted by atomic mass is 35.5. The highest BCUT2D eigenvalue weighted by Crippen LogP contribution is 2.34. The van der Waals surface area contributed by atoms with Crippen LogP contribution in [0.1, 0.15) is 22.5 Å². The Kier molecular flexibility index (Phi) is 7.88. The van der Waals surface area contributed by atoms with E-state index in [1.807, 2.05) is 48.3 Å². The van der Waals surface area contributed by atoms with Gasteiger partial charge in [-0.05, 0) is 38.1 Å². The number of nitrogens with one attached hydrogen (secondary N) is 2. The van der Waals surface area contributed by atoms with Gasteiger partial charge in [0.15, 0.2) is 5.13 Å². The predicted molar refractivity (Wildman–Crippen MR) is 120 cm³/mol. The van der Waals surface area contributed by atoms with E-state index in [0.717, 1.165) is 51.2 Å². The first-order valence-electron chi connectivity index (χ1n) is 8.42. The molecular weight excluding hydrogens is 423 g/mol. The number of nitrogens with zero attached hydrogens (tertiary/aromatic N) is 2. The Morgan fingerprint density at radius 3 is 2.70 bits per heavy atom. The summed E-state index contributed by atoms with van der Waals surface area (Å²) in [6.45, 7) is 1.63. The lowest BCUT2D eigenvalue weighted by molar-refractivity contribution is 0.0703. The minimum Gasteiger partial charge on any atom is -0.336 e. The number of anilines is 2. The summed E-state index contributed by atoms with van der Waals surface area (Å²) < 4.78 is 1.06. The van der Waals surface area contributed by atoms with Crippen molar-refractivity contribution in [3.05, 3.63) is 41.3 Å². The average Bonchev–Trinajstić information content (AvgIpc) is 3.20. The molecule has 1 unspecified atom stereocenters. The molecule has 1 fully saturated rings. The molecule has 4 rings (SSSR count). The van der Waals surface area contributed by atoms with E-state index in [-0.39, 0.29) is 30.7 Å². The quantitative estimate of drug-likeness (QED) is 0.608. The van der Waals surface area contributed by atoms with E-state index in [1.54, 1.807) is 11.3 Å². The van der Waals surface area contributed by atoms with Crippen LogP contribution >= 0.6 is 47.5 Å². The Hall–Kier alpha value is -1.38. The number of benzene rings is 1. The van der Waals surface area contributed by atoms with E-state index in [2.05, 4.69) is 15.6 Å². The van der Waals surface area contributed by atoms with Crippen molar-refractivity contribution in [1.29, 1.82) is 0 Å². The molecular formula is C18H22Cl2N4OS2. The number of para-hydroxylation sites is 1. The van der Waals surface area contributed by atoms with Crippen LogP contribution in [0.4, 0.5) is 10.8 Å². The zero-order valence-corrected chi connectivity index (χ0v) is 18.1. The fraction of sp³-hybridized carbons (Fsp3) is 0.333. The second kappa shape index (κ2) is 9.71. The molecule has 3 aromatic rings. The third kappa shape index (κ3) is 4.92. The summed E-state index contributed by atoms with van der Waals surface area (Å²) >= 11 is 3.07. The highest BCUT2D eigenvalue weighted by molar-refractivity contribution is 7.29. The van der Waals surface area contributed by atoms with Gasteiger partial charge in [0.1, 0.15) is 4.83 Å². The van der Waals surface area contributed by atoms with Crippen molar-refractivity contribution in [2.45, 2.75) is 18.9 Å². The third-order valence-electron chi connectivity index (χ3n) is 4.44. The number of likely N-dealkylation sites (N-methyl/N-ethyl adjacent to an activating group) is 1. The maximum absolute atomic E-state index is 12.8. The van der Waals surface area contributed by atoms with Crippen LogP contribution in [0.2, 0.25) is 0 Å². The number of fused-ring (bicyclic) bond motifs is 1. The predicted octanol–water partition coefficient (Wildman–Crippen LogP) is 4.77. The van der Waals surface area contributed by atoms with Gasteiger partial charge in [-0.25, -0.2) is 4.98 Å². The van der Waals surface area contributed by atoms with Crippen molar-refractivity contribution in [2.24, 2.45) is 0 Å². The zero-order chi connectivity index (χ0) is 17.2. The molecule has 1 atom stereocenters. The third-order valence-corrected chi connectivity index (χ3v) is 6.51. The maximum atomic E-state index is 12.8. The summed E-state index contributed by atoms with van der Waals surface area (Å²) in [7, 11) is 1.96. The standard InChI is InChI=1S/C18H20N4OS2.2ClH/c1-19-13-8-5-9-22(11-13)17(23)15-10-14-16(24-15)21-18(25-14)20-12-6-3-2-4-7-12;;/h2-4,6-7,10,13,19H,5,8-9,11H2,1H3,(H,20,21);2*1H. The summed E-state index contributed by atoms with van der Waals surface area (Å²) in [5.41, 5.74) is 1.02. The molecule has 0 saturated carbocycles. The molecule has 2 N–H and O–H groups in total. The summed E-state index contributed by atoms with van der Waals surface area (Å²) in [4.78, 5) is 21.1. The van der Waals surface area contributed by atoms with E-state index >= 15 is 0 Å². The number of thiophene rings is 1. The lowest BCUT2D eigenvalue weighted by atomic mass is 10.1. The van der Waals surface area contributed by atoms with Gasteiger partial charge >= 0.3 is 0 Å². The monoisotopic (exact) mass is 444 g/mol. The van der Waals surface area contributed by atoms with E-state index < -0.39 is 0 Å². The molecule has 0 radical (unpaired) electrons. The summed E-state index contributed by atoms with van der Waals surface area (Å²) in [5.74, 6) is 0.132. The van der Waals surface area contributed by atoms with Crippen molar-refractivity contribution < 1.29 is 4.79 Å². The Morgan fingerprint density at radius 2 is 2.00 bits per heavy atom. The van der Waals surface area contributed by atoms with E-state index in [1.165, 1.54) is 11.3 Å². The first-order chi connectivity index (χ1) is 12.2. The maximum Gasteiger partial charge on any atom is 0.264 e. The van der Waals surface area contributed by atoms with Gasteiger partial charge in [0, 0.05) is 24.8 Å². The summed E-state index contributed by atoms with van der Waals surface area (Å²) in [6.07, 6.45) is 2.19. The smallest absolute Gasteiger partial charge is 0.264 e. The lowest BCUT2D eigenvalue weighted by Crippen LogP contribution is -2.46. The first kappa shape index (κ1) is 21.9. The number of carbonyl (C=O) groups excluding carboxylic acids is 1. The molecule has 27 heavy (non-hydrogen) atoms. The molecule has 1 amide bonds. The molecule has 0 aliphatic carbocycles. The fourth-order valence-electron chi connectivity index (χ4n) is 3.09. The van der Waals surface area contributed by atoms with Crippen LogP contribution in [0.25, 0.3) is 9.53 Å². The number of aromatic nitrogens is 1. The Balaban J connectivity index is 0.00000131. The molecule has 9 heteroatoms. The number of amides is 1. The van der Waals surface area contributed by atoms with Gasteiger partial charge in [0.2, 0.25) is 0 Å². The molecule has 1 aromatic carbocycles. The fourth-order valence-corrected chi connectivity index (χ4v) is 5.20.